The number of nitrogens with zero attached hydrogens (tertiary/aromatic N) is 1. The summed E-state index contributed by atoms with van der Waals surface area (Å²) in [5.41, 5.74) is 6.96. The van der Waals surface area contributed by atoms with E-state index in [0.717, 1.165) is 12.8 Å². The van der Waals surface area contributed by atoms with Gasteiger partial charge in [-0.3, -0.25) is 0 Å². The Morgan fingerprint density at radius 2 is 2.33 bits per heavy atom. The highest BCUT2D eigenvalue weighted by Gasteiger charge is 2.13. The van der Waals surface area contributed by atoms with Crippen LogP contribution in [0.2, 0.25) is 0 Å². The van der Waals surface area contributed by atoms with Gasteiger partial charge in [0.15, 0.2) is 5.58 Å². The van der Waals surface area contributed by atoms with E-state index in [1.165, 1.54) is 12.1 Å². The Balaban J connectivity index is 2.38. The van der Waals surface area contributed by atoms with E-state index in [-0.39, 0.29) is 11.9 Å². The molecule has 2 rings (SSSR count). The molecule has 0 radical (unpaired) electrons. The van der Waals surface area contributed by atoms with Crippen molar-refractivity contribution in [3.63, 3.8) is 0 Å². The van der Waals surface area contributed by atoms with E-state index < -0.39 is 0 Å². The van der Waals surface area contributed by atoms with Crippen LogP contribution in [0.4, 0.5) is 4.39 Å². The minimum atomic E-state index is -0.314. The molecule has 1 aromatic carbocycles. The SMILES string of the molecule is CCCC(N)c1nc2cc(F)ccc2o1. The second-order valence-electron chi connectivity index (χ2n) is 3.56. The fraction of sp³-hybridized carbons (Fsp3) is 0.364. The Hall–Kier alpha value is -1.42. The Labute approximate surface area is 87.1 Å². The van der Waals surface area contributed by atoms with Crippen molar-refractivity contribution in [3.05, 3.63) is 29.9 Å². The molecule has 0 saturated heterocycles. The molecule has 0 fully saturated rings. The summed E-state index contributed by atoms with van der Waals surface area (Å²) >= 11 is 0. The minimum Gasteiger partial charge on any atom is -0.439 e. The summed E-state index contributed by atoms with van der Waals surface area (Å²) in [5, 5.41) is 0. The molecule has 0 aliphatic heterocycles. The van der Waals surface area contributed by atoms with Crippen LogP contribution >= 0.6 is 0 Å². The quantitative estimate of drug-likeness (QED) is 0.843. The number of hydrogen-bond acceptors (Lipinski definition) is 3. The van der Waals surface area contributed by atoms with Gasteiger partial charge in [-0.15, -0.1) is 0 Å². The van der Waals surface area contributed by atoms with Crippen LogP contribution in [0.3, 0.4) is 0 Å². The van der Waals surface area contributed by atoms with Gasteiger partial charge in [-0.1, -0.05) is 13.3 Å². The first-order valence-corrected chi connectivity index (χ1v) is 5.02. The van der Waals surface area contributed by atoms with Crippen LogP contribution in [-0.4, -0.2) is 4.98 Å². The topological polar surface area (TPSA) is 52.0 Å². The maximum Gasteiger partial charge on any atom is 0.212 e. The first kappa shape index (κ1) is 10.1. The van der Waals surface area contributed by atoms with Gasteiger partial charge in [0.25, 0.3) is 0 Å². The maximum atomic E-state index is 12.9. The summed E-state index contributed by atoms with van der Waals surface area (Å²) in [6.45, 7) is 2.04. The first-order chi connectivity index (χ1) is 7.20. The molecule has 1 aromatic heterocycles. The summed E-state index contributed by atoms with van der Waals surface area (Å²) < 4.78 is 18.3. The number of halogens is 1. The van der Waals surface area contributed by atoms with E-state index in [2.05, 4.69) is 4.98 Å². The van der Waals surface area contributed by atoms with Crippen LogP contribution < -0.4 is 5.73 Å². The Morgan fingerprint density at radius 1 is 1.53 bits per heavy atom. The van der Waals surface area contributed by atoms with Crippen molar-refractivity contribution in [2.75, 3.05) is 0 Å². The first-order valence-electron chi connectivity index (χ1n) is 5.02. The third-order valence-corrected chi connectivity index (χ3v) is 2.28. The van der Waals surface area contributed by atoms with Crippen LogP contribution in [0.5, 0.6) is 0 Å². The number of fused-ring (bicyclic) bond motifs is 1. The molecule has 0 saturated carbocycles. The molecule has 4 heteroatoms. The van der Waals surface area contributed by atoms with Crippen molar-refractivity contribution in [3.8, 4) is 0 Å². The van der Waals surface area contributed by atoms with E-state index in [9.17, 15) is 4.39 Å². The molecular weight excluding hydrogens is 195 g/mol. The number of hydrogen-bond donors (Lipinski definition) is 1. The van der Waals surface area contributed by atoms with Gasteiger partial charge in [-0.05, 0) is 18.6 Å². The van der Waals surface area contributed by atoms with Crippen molar-refractivity contribution in [2.45, 2.75) is 25.8 Å². The van der Waals surface area contributed by atoms with Gasteiger partial charge < -0.3 is 10.2 Å². The van der Waals surface area contributed by atoms with E-state index in [0.29, 0.717) is 17.0 Å². The molecule has 1 atom stereocenters. The molecule has 15 heavy (non-hydrogen) atoms. The summed E-state index contributed by atoms with van der Waals surface area (Å²) in [6, 6.07) is 4.06. The number of oxazole rings is 1. The van der Waals surface area contributed by atoms with E-state index >= 15 is 0 Å². The number of nitrogens with two attached hydrogens (primary N) is 1. The number of benzene rings is 1. The fourth-order valence-electron chi connectivity index (χ4n) is 1.51. The van der Waals surface area contributed by atoms with Crippen molar-refractivity contribution < 1.29 is 8.81 Å². The average Bonchev–Trinajstić information content (AvgIpc) is 2.60. The number of rotatable bonds is 3. The highest BCUT2D eigenvalue weighted by molar-refractivity contribution is 5.72. The molecule has 1 heterocycles. The zero-order valence-corrected chi connectivity index (χ0v) is 8.53. The van der Waals surface area contributed by atoms with Gasteiger partial charge in [-0.25, -0.2) is 9.37 Å². The highest BCUT2D eigenvalue weighted by Crippen LogP contribution is 2.21. The summed E-state index contributed by atoms with van der Waals surface area (Å²) in [5.74, 6) is 0.170. The molecular formula is C11H13FN2O. The molecule has 2 aromatic rings. The molecule has 0 spiro atoms. The highest BCUT2D eigenvalue weighted by atomic mass is 19.1. The van der Waals surface area contributed by atoms with E-state index in [1.54, 1.807) is 6.07 Å². The summed E-state index contributed by atoms with van der Waals surface area (Å²) in [7, 11) is 0. The minimum absolute atomic E-state index is 0.203. The van der Waals surface area contributed by atoms with Gasteiger partial charge >= 0.3 is 0 Å². The van der Waals surface area contributed by atoms with E-state index in [4.69, 9.17) is 10.2 Å². The van der Waals surface area contributed by atoms with Crippen LogP contribution in [0.1, 0.15) is 31.7 Å². The van der Waals surface area contributed by atoms with Crippen molar-refractivity contribution in [1.82, 2.24) is 4.98 Å². The van der Waals surface area contributed by atoms with Gasteiger partial charge in [0, 0.05) is 6.07 Å². The largest absolute Gasteiger partial charge is 0.439 e. The lowest BCUT2D eigenvalue weighted by Gasteiger charge is -2.03. The van der Waals surface area contributed by atoms with Crippen LogP contribution in [-0.2, 0) is 0 Å². The normalized spacial score (nSPS) is 13.3. The molecule has 0 amide bonds. The third-order valence-electron chi connectivity index (χ3n) is 2.28. The average molecular weight is 208 g/mol. The molecule has 0 aliphatic carbocycles. The predicted molar refractivity (Wildman–Crippen MR) is 55.8 cm³/mol. The lowest BCUT2D eigenvalue weighted by molar-refractivity contribution is 0.456. The zero-order valence-electron chi connectivity index (χ0n) is 8.53. The molecule has 2 N–H and O–H groups in total. The van der Waals surface area contributed by atoms with Gasteiger partial charge in [0.05, 0.1) is 6.04 Å². The Bertz CT molecular complexity index is 467. The second kappa shape index (κ2) is 3.98. The van der Waals surface area contributed by atoms with Crippen LogP contribution in [0.15, 0.2) is 22.6 Å². The fourth-order valence-corrected chi connectivity index (χ4v) is 1.51. The lowest BCUT2D eigenvalue weighted by atomic mass is 10.2. The zero-order chi connectivity index (χ0) is 10.8. The molecule has 0 bridgehead atoms. The Morgan fingerprint density at radius 3 is 3.07 bits per heavy atom. The van der Waals surface area contributed by atoms with Gasteiger partial charge in [-0.2, -0.15) is 0 Å². The number of aromatic nitrogens is 1. The standard InChI is InChI=1S/C11H13FN2O/c1-2-3-8(13)11-14-9-6-7(12)4-5-10(9)15-11/h4-6,8H,2-3,13H2,1H3. The van der Waals surface area contributed by atoms with Gasteiger partial charge in [0.2, 0.25) is 5.89 Å². The van der Waals surface area contributed by atoms with Crippen LogP contribution in [0, 0.1) is 5.82 Å². The Kier molecular flexibility index (Phi) is 2.68. The monoisotopic (exact) mass is 208 g/mol. The predicted octanol–water partition coefficient (Wildman–Crippen LogP) is 2.77. The molecule has 3 nitrogen and oxygen atoms in total. The molecule has 0 aliphatic rings. The van der Waals surface area contributed by atoms with Crippen molar-refractivity contribution >= 4 is 11.1 Å². The maximum absolute atomic E-state index is 12.9. The van der Waals surface area contributed by atoms with Crippen molar-refractivity contribution in [1.29, 1.82) is 0 Å². The van der Waals surface area contributed by atoms with Gasteiger partial charge in [0.1, 0.15) is 11.3 Å². The van der Waals surface area contributed by atoms with E-state index in [1.807, 2.05) is 6.92 Å². The smallest absolute Gasteiger partial charge is 0.212 e. The van der Waals surface area contributed by atoms with Crippen LogP contribution in [0.25, 0.3) is 11.1 Å². The lowest BCUT2D eigenvalue weighted by Crippen LogP contribution is -2.09. The second-order valence-corrected chi connectivity index (χ2v) is 3.56. The summed E-state index contributed by atoms with van der Waals surface area (Å²) in [4.78, 5) is 4.16. The third kappa shape index (κ3) is 1.99. The molecule has 80 valence electrons. The molecule has 1 unspecified atom stereocenters. The van der Waals surface area contributed by atoms with Crippen molar-refractivity contribution in [2.24, 2.45) is 5.73 Å². The summed E-state index contributed by atoms with van der Waals surface area (Å²) in [6.07, 6.45) is 1.78.